The highest BCUT2D eigenvalue weighted by molar-refractivity contribution is 5.85. The average molecular weight is 488 g/mol. The molecule has 178 valence electrons. The van der Waals surface area contributed by atoms with Crippen LogP contribution in [-0.2, 0) is 13.1 Å². The summed E-state index contributed by atoms with van der Waals surface area (Å²) in [7, 11) is 0. The smallest absolute Gasteiger partial charge is 0.139 e. The van der Waals surface area contributed by atoms with Gasteiger partial charge in [0.15, 0.2) is 0 Å². The summed E-state index contributed by atoms with van der Waals surface area (Å²) in [5.41, 5.74) is 5.18. The van der Waals surface area contributed by atoms with Gasteiger partial charge < -0.3 is 4.42 Å². The van der Waals surface area contributed by atoms with E-state index in [1.807, 2.05) is 0 Å². The van der Waals surface area contributed by atoms with Crippen molar-refractivity contribution in [2.45, 2.75) is 51.6 Å². The Morgan fingerprint density at radius 1 is 0.515 bits per heavy atom. The van der Waals surface area contributed by atoms with E-state index in [9.17, 15) is 0 Å². The molecule has 2 saturated heterocycles. The summed E-state index contributed by atoms with van der Waals surface area (Å²) in [6.45, 7) is 6.77. The quantitative estimate of drug-likeness (QED) is 0.361. The summed E-state index contributed by atoms with van der Waals surface area (Å²) in [4.78, 5) is 5.27. The fourth-order valence-corrected chi connectivity index (χ4v) is 5.16. The molecule has 0 N–H and O–H groups in total. The molecule has 5 heteroatoms. The maximum absolute atomic E-state index is 6.75. The largest absolute Gasteiger partial charge is 0.455 e. The maximum atomic E-state index is 6.75. The number of nitrogens with zero attached hydrogens (tertiary/aromatic N) is 2. The number of benzene rings is 2. The molecule has 3 nitrogen and oxygen atoms in total. The highest BCUT2D eigenvalue weighted by Crippen LogP contribution is 2.39. The van der Waals surface area contributed by atoms with E-state index in [1.165, 1.54) is 87.0 Å². The van der Waals surface area contributed by atoms with Gasteiger partial charge in [-0.15, -0.1) is 24.8 Å². The molecule has 0 unspecified atom stereocenters. The van der Waals surface area contributed by atoms with Crippen LogP contribution in [0.15, 0.2) is 65.1 Å². The number of halogens is 2. The van der Waals surface area contributed by atoms with Crippen molar-refractivity contribution in [1.29, 1.82) is 0 Å². The van der Waals surface area contributed by atoms with Crippen LogP contribution in [0.4, 0.5) is 0 Å². The molecule has 0 spiro atoms. The summed E-state index contributed by atoms with van der Waals surface area (Å²) in [6.07, 6.45) is 7.97. The number of piperidine rings is 2. The van der Waals surface area contributed by atoms with Gasteiger partial charge >= 0.3 is 0 Å². The summed E-state index contributed by atoms with van der Waals surface area (Å²) in [6, 6.07) is 21.4. The molecule has 0 saturated carbocycles. The number of furan rings is 1. The van der Waals surface area contributed by atoms with E-state index in [1.54, 1.807) is 0 Å². The Hall–Kier alpha value is -1.78. The number of likely N-dealkylation sites (tertiary alicyclic amines) is 2. The van der Waals surface area contributed by atoms with Gasteiger partial charge in [-0.1, -0.05) is 73.5 Å². The molecular weight excluding hydrogens is 451 g/mol. The molecule has 0 radical (unpaired) electrons. The first-order chi connectivity index (χ1) is 15.4. The van der Waals surface area contributed by atoms with E-state index < -0.39 is 0 Å². The van der Waals surface area contributed by atoms with Crippen molar-refractivity contribution < 1.29 is 4.42 Å². The van der Waals surface area contributed by atoms with Gasteiger partial charge in [-0.25, -0.2) is 0 Å². The lowest BCUT2D eigenvalue weighted by Gasteiger charge is -2.29. The van der Waals surface area contributed by atoms with Crippen LogP contribution in [0.25, 0.3) is 22.6 Å². The first-order valence-electron chi connectivity index (χ1n) is 12.1. The summed E-state index contributed by atoms with van der Waals surface area (Å²) in [5.74, 6) is 2.13. The number of hydrogen-bond donors (Lipinski definition) is 0. The second-order valence-corrected chi connectivity index (χ2v) is 9.12. The minimum absolute atomic E-state index is 0. The molecule has 0 bridgehead atoms. The first-order valence-corrected chi connectivity index (χ1v) is 12.1. The van der Waals surface area contributed by atoms with Crippen molar-refractivity contribution in [3.05, 3.63) is 71.8 Å². The Labute approximate surface area is 211 Å². The lowest BCUT2D eigenvalue weighted by atomic mass is 9.98. The van der Waals surface area contributed by atoms with Gasteiger partial charge in [0, 0.05) is 35.3 Å². The van der Waals surface area contributed by atoms with E-state index in [-0.39, 0.29) is 24.8 Å². The Kier molecular flexibility index (Phi) is 9.88. The minimum Gasteiger partial charge on any atom is -0.455 e. The SMILES string of the molecule is Cl.Cl.c1ccc(-c2oc(-c3ccccc3)c(CN3CCCCC3)c2CN2CCCCC2)cc1. The molecule has 2 aromatic carbocycles. The van der Waals surface area contributed by atoms with Gasteiger partial charge in [0.2, 0.25) is 0 Å². The Morgan fingerprint density at radius 2 is 0.879 bits per heavy atom. The van der Waals surface area contributed by atoms with E-state index in [0.717, 1.165) is 24.6 Å². The van der Waals surface area contributed by atoms with Crippen molar-refractivity contribution in [3.63, 3.8) is 0 Å². The third-order valence-corrected chi connectivity index (χ3v) is 6.85. The highest BCUT2D eigenvalue weighted by atomic mass is 35.5. The molecule has 0 aliphatic carbocycles. The van der Waals surface area contributed by atoms with Crippen molar-refractivity contribution >= 4 is 24.8 Å². The van der Waals surface area contributed by atoms with Crippen LogP contribution in [0.1, 0.15) is 49.7 Å². The third-order valence-electron chi connectivity index (χ3n) is 6.85. The zero-order valence-corrected chi connectivity index (χ0v) is 21.0. The van der Waals surface area contributed by atoms with Crippen molar-refractivity contribution in [2.24, 2.45) is 0 Å². The lowest BCUT2D eigenvalue weighted by molar-refractivity contribution is 0.210. The molecule has 0 atom stereocenters. The zero-order chi connectivity index (χ0) is 20.9. The topological polar surface area (TPSA) is 19.6 Å². The van der Waals surface area contributed by atoms with E-state index >= 15 is 0 Å². The fraction of sp³-hybridized carbons (Fsp3) is 0.429. The Morgan fingerprint density at radius 3 is 1.24 bits per heavy atom. The predicted molar refractivity (Wildman–Crippen MR) is 142 cm³/mol. The van der Waals surface area contributed by atoms with Crippen molar-refractivity contribution in [1.82, 2.24) is 9.80 Å². The van der Waals surface area contributed by atoms with E-state index in [4.69, 9.17) is 4.42 Å². The predicted octanol–water partition coefficient (Wildman–Crippen LogP) is 7.43. The molecule has 3 aromatic rings. The Bertz CT molecular complexity index is 884. The van der Waals surface area contributed by atoms with Crippen LogP contribution in [0, 0.1) is 0 Å². The molecule has 33 heavy (non-hydrogen) atoms. The standard InChI is InChI=1S/C28H34N2O.2ClH/c1-5-13-23(14-6-1)27-25(21-29-17-9-3-10-18-29)26(22-30-19-11-4-12-20-30)28(31-27)24-15-7-2-8-16-24;;/h1-2,5-8,13-16H,3-4,9-12,17-22H2;2*1H. The normalized spacial score (nSPS) is 17.2. The van der Waals surface area contributed by atoms with Gasteiger partial charge in [0.25, 0.3) is 0 Å². The second kappa shape index (κ2) is 12.6. The van der Waals surface area contributed by atoms with Crippen molar-refractivity contribution in [3.8, 4) is 22.6 Å². The second-order valence-electron chi connectivity index (χ2n) is 9.12. The number of rotatable bonds is 6. The van der Waals surface area contributed by atoms with Gasteiger partial charge in [0.05, 0.1) is 0 Å². The molecular formula is C28H36Cl2N2O. The summed E-state index contributed by atoms with van der Waals surface area (Å²) >= 11 is 0. The van der Waals surface area contributed by atoms with Crippen LogP contribution >= 0.6 is 24.8 Å². The van der Waals surface area contributed by atoms with Crippen LogP contribution in [0.3, 0.4) is 0 Å². The Balaban J connectivity index is 0.00000153. The average Bonchev–Trinajstić information content (AvgIpc) is 3.19. The minimum atomic E-state index is 0. The lowest BCUT2D eigenvalue weighted by Crippen LogP contribution is -2.31. The summed E-state index contributed by atoms with van der Waals surface area (Å²) < 4.78 is 6.75. The van der Waals surface area contributed by atoms with Gasteiger partial charge in [-0.2, -0.15) is 0 Å². The highest BCUT2D eigenvalue weighted by Gasteiger charge is 2.26. The number of hydrogen-bond acceptors (Lipinski definition) is 3. The van der Waals surface area contributed by atoms with Crippen LogP contribution in [-0.4, -0.2) is 36.0 Å². The fourth-order valence-electron chi connectivity index (χ4n) is 5.16. The van der Waals surface area contributed by atoms with Gasteiger partial charge in [-0.05, 0) is 51.9 Å². The van der Waals surface area contributed by atoms with Crippen LogP contribution < -0.4 is 0 Å². The van der Waals surface area contributed by atoms with Gasteiger partial charge in [0.1, 0.15) is 11.5 Å². The monoisotopic (exact) mass is 486 g/mol. The van der Waals surface area contributed by atoms with E-state index in [2.05, 4.69) is 70.5 Å². The molecule has 2 aliphatic heterocycles. The molecule has 5 rings (SSSR count). The maximum Gasteiger partial charge on any atom is 0.139 e. The zero-order valence-electron chi connectivity index (χ0n) is 19.4. The molecule has 2 aliphatic rings. The van der Waals surface area contributed by atoms with Crippen LogP contribution in [0.5, 0.6) is 0 Å². The molecule has 2 fully saturated rings. The third kappa shape index (κ3) is 6.22. The molecule has 0 amide bonds. The van der Waals surface area contributed by atoms with Gasteiger partial charge in [-0.3, -0.25) is 9.80 Å². The van der Waals surface area contributed by atoms with Crippen molar-refractivity contribution in [2.75, 3.05) is 26.2 Å². The molecule has 1 aromatic heterocycles. The van der Waals surface area contributed by atoms with E-state index in [0.29, 0.717) is 0 Å². The molecule has 3 heterocycles. The first kappa shape index (κ1) is 25.8. The van der Waals surface area contributed by atoms with Crippen LogP contribution in [0.2, 0.25) is 0 Å². The summed E-state index contributed by atoms with van der Waals surface area (Å²) in [5, 5.41) is 0.